The van der Waals surface area contributed by atoms with Gasteiger partial charge in [0.05, 0.1) is 0 Å². The maximum Gasteiger partial charge on any atom is 0.407 e. The molecule has 1 N–H and O–H groups in total. The number of ether oxygens (including phenoxy) is 1. The van der Waals surface area contributed by atoms with Gasteiger partial charge < -0.3 is 10.1 Å². The summed E-state index contributed by atoms with van der Waals surface area (Å²) in [6.45, 7) is 0.763. The predicted molar refractivity (Wildman–Crippen MR) is 120 cm³/mol. The largest absolute Gasteiger partial charge is 0.449 e. The molecule has 0 aliphatic heterocycles. The lowest BCUT2D eigenvalue weighted by molar-refractivity contribution is 0.144. The minimum absolute atomic E-state index is 0.0815. The molecular formula is C25H23NO2S. The number of nitrogens with one attached hydrogen (secondary N) is 1. The van der Waals surface area contributed by atoms with E-state index >= 15 is 0 Å². The maximum absolute atomic E-state index is 12.2. The van der Waals surface area contributed by atoms with E-state index < -0.39 is 6.09 Å². The lowest BCUT2D eigenvalue weighted by atomic mass is 9.98. The molecule has 0 fully saturated rings. The highest BCUT2D eigenvalue weighted by atomic mass is 32.2. The van der Waals surface area contributed by atoms with Gasteiger partial charge in [-0.25, -0.2) is 4.79 Å². The summed E-state index contributed by atoms with van der Waals surface area (Å²) in [5.74, 6) is 0.0815. The van der Waals surface area contributed by atoms with Crippen LogP contribution < -0.4 is 5.32 Å². The Balaban J connectivity index is 1.32. The maximum atomic E-state index is 12.2. The van der Waals surface area contributed by atoms with Crippen molar-refractivity contribution in [2.24, 2.45) is 0 Å². The van der Waals surface area contributed by atoms with Gasteiger partial charge in [0.15, 0.2) is 0 Å². The monoisotopic (exact) mass is 401 g/mol. The summed E-state index contributed by atoms with van der Waals surface area (Å²) in [4.78, 5) is 13.4. The summed E-state index contributed by atoms with van der Waals surface area (Å²) >= 11 is 1.71. The molecule has 0 saturated carbocycles. The Labute approximate surface area is 175 Å². The molecule has 0 bridgehead atoms. The van der Waals surface area contributed by atoms with Crippen molar-refractivity contribution >= 4 is 23.9 Å². The predicted octanol–water partition coefficient (Wildman–Crippen LogP) is 5.96. The van der Waals surface area contributed by atoms with Crippen LogP contribution in [0.1, 0.15) is 22.6 Å². The van der Waals surface area contributed by atoms with Gasteiger partial charge in [0.1, 0.15) is 6.61 Å². The van der Waals surface area contributed by atoms with Crippen LogP contribution in [0.3, 0.4) is 0 Å². The van der Waals surface area contributed by atoms with Crippen LogP contribution in [0.15, 0.2) is 83.8 Å². The first kappa shape index (κ1) is 19.3. The minimum atomic E-state index is -0.394. The summed E-state index contributed by atoms with van der Waals surface area (Å²) in [6.07, 6.45) is 5.60. The van der Waals surface area contributed by atoms with Gasteiger partial charge in [-0.15, -0.1) is 11.8 Å². The summed E-state index contributed by atoms with van der Waals surface area (Å²) in [7, 11) is 0. The van der Waals surface area contributed by atoms with E-state index in [0.717, 1.165) is 5.56 Å². The van der Waals surface area contributed by atoms with Crippen molar-refractivity contribution < 1.29 is 9.53 Å². The van der Waals surface area contributed by atoms with Crippen LogP contribution in [0, 0.1) is 0 Å². The third kappa shape index (κ3) is 4.38. The van der Waals surface area contributed by atoms with E-state index in [9.17, 15) is 4.79 Å². The molecule has 0 heterocycles. The Morgan fingerprint density at radius 3 is 2.38 bits per heavy atom. The van der Waals surface area contributed by atoms with Crippen molar-refractivity contribution in [1.82, 2.24) is 5.32 Å². The van der Waals surface area contributed by atoms with E-state index in [0.29, 0.717) is 13.2 Å². The normalized spacial score (nSPS) is 12.6. The summed E-state index contributed by atoms with van der Waals surface area (Å²) < 4.78 is 5.54. The molecule has 0 atom stereocenters. The second-order valence-corrected chi connectivity index (χ2v) is 7.77. The first-order valence-electron chi connectivity index (χ1n) is 9.65. The van der Waals surface area contributed by atoms with Crippen LogP contribution >= 0.6 is 11.8 Å². The Morgan fingerprint density at radius 1 is 1.00 bits per heavy atom. The quantitative estimate of drug-likeness (QED) is 0.518. The summed E-state index contributed by atoms with van der Waals surface area (Å²) in [6, 6.07) is 24.9. The van der Waals surface area contributed by atoms with Crippen molar-refractivity contribution in [2.45, 2.75) is 10.8 Å². The number of hydrogen-bond acceptors (Lipinski definition) is 3. The SMILES string of the molecule is CSc1cccc(C=CCNC(=O)OCC2c3ccccc3-c3ccccc32)c1. The lowest BCUT2D eigenvalue weighted by Crippen LogP contribution is -2.26. The molecule has 3 aromatic rings. The fourth-order valence-electron chi connectivity index (χ4n) is 3.73. The third-order valence-electron chi connectivity index (χ3n) is 5.11. The van der Waals surface area contributed by atoms with Gasteiger partial charge in [0.25, 0.3) is 0 Å². The molecule has 0 aromatic heterocycles. The van der Waals surface area contributed by atoms with E-state index in [1.807, 2.05) is 48.6 Å². The van der Waals surface area contributed by atoms with E-state index in [1.54, 1.807) is 11.8 Å². The smallest absolute Gasteiger partial charge is 0.407 e. The van der Waals surface area contributed by atoms with Crippen LogP contribution in [0.2, 0.25) is 0 Å². The second-order valence-electron chi connectivity index (χ2n) is 6.89. The van der Waals surface area contributed by atoms with Crippen molar-refractivity contribution in [2.75, 3.05) is 19.4 Å². The zero-order valence-electron chi connectivity index (χ0n) is 16.3. The van der Waals surface area contributed by atoms with E-state index in [2.05, 4.69) is 48.0 Å². The second kappa shape index (κ2) is 9.01. The summed E-state index contributed by atoms with van der Waals surface area (Å²) in [5.41, 5.74) is 6.01. The molecule has 0 spiro atoms. The van der Waals surface area contributed by atoms with Gasteiger partial charge in [-0.1, -0.05) is 72.8 Å². The molecule has 0 unspecified atom stereocenters. The van der Waals surface area contributed by atoms with Gasteiger partial charge in [0.2, 0.25) is 0 Å². The van der Waals surface area contributed by atoms with Gasteiger partial charge >= 0.3 is 6.09 Å². The van der Waals surface area contributed by atoms with Crippen LogP contribution in [0.4, 0.5) is 4.79 Å². The molecule has 146 valence electrons. The van der Waals surface area contributed by atoms with E-state index in [4.69, 9.17) is 4.74 Å². The summed E-state index contributed by atoms with van der Waals surface area (Å²) in [5, 5.41) is 2.80. The van der Waals surface area contributed by atoms with Crippen LogP contribution in [0.5, 0.6) is 0 Å². The number of thioether (sulfide) groups is 1. The van der Waals surface area contributed by atoms with Crippen LogP contribution in [-0.2, 0) is 4.74 Å². The zero-order chi connectivity index (χ0) is 20.1. The first-order valence-corrected chi connectivity index (χ1v) is 10.9. The zero-order valence-corrected chi connectivity index (χ0v) is 17.1. The average Bonchev–Trinajstić information content (AvgIpc) is 3.09. The highest BCUT2D eigenvalue weighted by Crippen LogP contribution is 2.44. The number of fused-ring (bicyclic) bond motifs is 3. The molecule has 1 aliphatic rings. The van der Waals surface area contributed by atoms with Crippen LogP contribution in [-0.4, -0.2) is 25.5 Å². The standard InChI is InChI=1S/C25H23NO2S/c1-29-19-10-6-8-18(16-19)9-7-15-26-25(27)28-17-24-22-13-4-2-11-20(22)21-12-3-5-14-23(21)24/h2-14,16,24H,15,17H2,1H3,(H,26,27). The van der Waals surface area contributed by atoms with Crippen LogP contribution in [0.25, 0.3) is 17.2 Å². The number of benzene rings is 3. The number of hydrogen-bond donors (Lipinski definition) is 1. The topological polar surface area (TPSA) is 38.3 Å². The van der Waals surface area contributed by atoms with Crippen molar-refractivity contribution in [3.05, 3.63) is 95.6 Å². The Bertz CT molecular complexity index is 999. The van der Waals surface area contributed by atoms with Gasteiger partial charge in [-0.2, -0.15) is 0 Å². The van der Waals surface area contributed by atoms with E-state index in [1.165, 1.54) is 27.1 Å². The Kier molecular flexibility index (Phi) is 6.01. The number of carbonyl (C=O) groups excluding carboxylic acids is 1. The number of carbonyl (C=O) groups is 1. The highest BCUT2D eigenvalue weighted by Gasteiger charge is 2.28. The van der Waals surface area contributed by atoms with Gasteiger partial charge in [-0.05, 0) is 46.2 Å². The number of amides is 1. The molecule has 4 heteroatoms. The van der Waals surface area contributed by atoms with Crippen molar-refractivity contribution in [3.8, 4) is 11.1 Å². The lowest BCUT2D eigenvalue weighted by Gasteiger charge is -2.14. The van der Waals surface area contributed by atoms with Crippen molar-refractivity contribution in [1.29, 1.82) is 0 Å². The molecule has 1 amide bonds. The number of rotatable bonds is 6. The Hall–Kier alpha value is -2.98. The average molecular weight is 402 g/mol. The van der Waals surface area contributed by atoms with Gasteiger partial charge in [0, 0.05) is 17.4 Å². The highest BCUT2D eigenvalue weighted by molar-refractivity contribution is 7.98. The third-order valence-corrected chi connectivity index (χ3v) is 5.84. The first-order chi connectivity index (χ1) is 14.3. The van der Waals surface area contributed by atoms with Gasteiger partial charge in [-0.3, -0.25) is 0 Å². The number of alkyl carbamates (subject to hydrolysis) is 1. The molecule has 29 heavy (non-hydrogen) atoms. The van der Waals surface area contributed by atoms with E-state index in [-0.39, 0.29) is 5.92 Å². The molecule has 0 saturated heterocycles. The fraction of sp³-hybridized carbons (Fsp3) is 0.160. The molecule has 3 nitrogen and oxygen atoms in total. The molecular weight excluding hydrogens is 378 g/mol. The fourth-order valence-corrected chi connectivity index (χ4v) is 4.20. The molecule has 1 aliphatic carbocycles. The van der Waals surface area contributed by atoms with Crippen molar-refractivity contribution in [3.63, 3.8) is 0 Å². The minimum Gasteiger partial charge on any atom is -0.449 e. The molecule has 0 radical (unpaired) electrons. The molecule has 3 aromatic carbocycles. The Morgan fingerprint density at radius 2 is 1.69 bits per heavy atom. The molecule has 4 rings (SSSR count).